The lowest BCUT2D eigenvalue weighted by atomic mass is 10.0. The molecule has 0 radical (unpaired) electrons. The number of rotatable bonds is 5. The van der Waals surface area contributed by atoms with Gasteiger partial charge in [0.2, 0.25) is 0 Å². The van der Waals surface area contributed by atoms with Gasteiger partial charge >= 0.3 is 0 Å². The molecule has 0 aliphatic carbocycles. The van der Waals surface area contributed by atoms with E-state index >= 15 is 0 Å². The summed E-state index contributed by atoms with van der Waals surface area (Å²) in [5.74, 6) is -0.131. The molecule has 2 aromatic carbocycles. The quantitative estimate of drug-likeness (QED) is 0.737. The van der Waals surface area contributed by atoms with Gasteiger partial charge in [0.05, 0.1) is 6.04 Å². The van der Waals surface area contributed by atoms with Crippen molar-refractivity contribution in [1.82, 2.24) is 10.2 Å². The molecule has 1 amide bonds. The van der Waals surface area contributed by atoms with Gasteiger partial charge in [0.1, 0.15) is 0 Å². The Bertz CT molecular complexity index is 708. The SMILES string of the molecule is Cc1ccc(N)cc1C(=O)NCC(c1ccccc1Cl)N(C)C.Cl.Cl. The van der Waals surface area contributed by atoms with E-state index in [1.165, 1.54) is 0 Å². The van der Waals surface area contributed by atoms with Gasteiger partial charge in [-0.05, 0) is 50.3 Å². The van der Waals surface area contributed by atoms with Gasteiger partial charge in [-0.3, -0.25) is 4.79 Å². The highest BCUT2D eigenvalue weighted by Gasteiger charge is 2.18. The monoisotopic (exact) mass is 403 g/mol. The number of amides is 1. The summed E-state index contributed by atoms with van der Waals surface area (Å²) in [6.07, 6.45) is 0. The van der Waals surface area contributed by atoms with Gasteiger partial charge in [-0.15, -0.1) is 24.8 Å². The van der Waals surface area contributed by atoms with Gasteiger partial charge in [0.25, 0.3) is 5.91 Å². The molecule has 2 aromatic rings. The molecule has 0 aliphatic rings. The molecule has 25 heavy (non-hydrogen) atoms. The summed E-state index contributed by atoms with van der Waals surface area (Å²) in [5, 5.41) is 3.67. The molecule has 0 bridgehead atoms. The molecule has 2 rings (SSSR count). The molecule has 0 aliphatic heterocycles. The van der Waals surface area contributed by atoms with Gasteiger partial charge in [-0.25, -0.2) is 0 Å². The van der Waals surface area contributed by atoms with Crippen molar-refractivity contribution in [3.63, 3.8) is 0 Å². The van der Waals surface area contributed by atoms with E-state index in [0.717, 1.165) is 11.1 Å². The maximum Gasteiger partial charge on any atom is 0.251 e. The number of nitrogens with zero attached hydrogens (tertiary/aromatic N) is 1. The summed E-state index contributed by atoms with van der Waals surface area (Å²) in [5.41, 5.74) is 8.84. The molecular weight excluding hydrogens is 381 g/mol. The number of benzene rings is 2. The Hall–Kier alpha value is -1.46. The Morgan fingerprint density at radius 2 is 1.84 bits per heavy atom. The van der Waals surface area contributed by atoms with Crippen molar-refractivity contribution in [3.8, 4) is 0 Å². The zero-order valence-electron chi connectivity index (χ0n) is 14.5. The van der Waals surface area contributed by atoms with Crippen LogP contribution in [0.3, 0.4) is 0 Å². The van der Waals surface area contributed by atoms with Crippen LogP contribution in [0.1, 0.15) is 27.5 Å². The number of hydrogen-bond acceptors (Lipinski definition) is 3. The zero-order chi connectivity index (χ0) is 17.0. The minimum Gasteiger partial charge on any atom is -0.399 e. The third-order valence-electron chi connectivity index (χ3n) is 3.85. The van der Waals surface area contributed by atoms with E-state index < -0.39 is 0 Å². The lowest BCUT2D eigenvalue weighted by Gasteiger charge is -2.26. The fourth-order valence-corrected chi connectivity index (χ4v) is 2.75. The zero-order valence-corrected chi connectivity index (χ0v) is 16.8. The van der Waals surface area contributed by atoms with E-state index in [-0.39, 0.29) is 36.8 Å². The highest BCUT2D eigenvalue weighted by atomic mass is 35.5. The van der Waals surface area contributed by atoms with Gasteiger partial charge in [-0.1, -0.05) is 35.9 Å². The summed E-state index contributed by atoms with van der Waals surface area (Å²) in [6, 6.07) is 13.0. The van der Waals surface area contributed by atoms with Gasteiger partial charge in [0, 0.05) is 22.8 Å². The Labute approximate surface area is 166 Å². The van der Waals surface area contributed by atoms with Gasteiger partial charge < -0.3 is 16.0 Å². The number of carbonyl (C=O) groups excluding carboxylic acids is 1. The first-order valence-electron chi connectivity index (χ1n) is 7.45. The average Bonchev–Trinajstić information content (AvgIpc) is 2.51. The van der Waals surface area contributed by atoms with Crippen LogP contribution in [0.2, 0.25) is 5.02 Å². The summed E-state index contributed by atoms with van der Waals surface area (Å²) in [7, 11) is 3.93. The van der Waals surface area contributed by atoms with Crippen LogP contribution >= 0.6 is 36.4 Å². The Morgan fingerprint density at radius 3 is 2.44 bits per heavy atom. The van der Waals surface area contributed by atoms with Crippen molar-refractivity contribution in [2.45, 2.75) is 13.0 Å². The normalized spacial score (nSPS) is 11.2. The number of anilines is 1. The second kappa shape index (κ2) is 10.5. The molecule has 0 saturated heterocycles. The Kier molecular flexibility index (Phi) is 9.90. The number of nitrogens with two attached hydrogens (primary N) is 1. The molecule has 7 heteroatoms. The van der Waals surface area contributed by atoms with E-state index in [1.54, 1.807) is 12.1 Å². The number of halogens is 3. The maximum atomic E-state index is 12.4. The Morgan fingerprint density at radius 1 is 1.20 bits per heavy atom. The van der Waals surface area contributed by atoms with Gasteiger partial charge in [-0.2, -0.15) is 0 Å². The van der Waals surface area contributed by atoms with Crippen LogP contribution < -0.4 is 11.1 Å². The molecule has 4 nitrogen and oxygen atoms in total. The van der Waals surface area contributed by atoms with Crippen LogP contribution in [-0.4, -0.2) is 31.4 Å². The second-order valence-electron chi connectivity index (χ2n) is 5.79. The van der Waals surface area contributed by atoms with Crippen LogP contribution in [0.5, 0.6) is 0 Å². The highest BCUT2D eigenvalue weighted by molar-refractivity contribution is 6.31. The fourth-order valence-electron chi connectivity index (χ4n) is 2.48. The van der Waals surface area contributed by atoms with Crippen molar-refractivity contribution < 1.29 is 4.79 Å². The fraction of sp³-hybridized carbons (Fsp3) is 0.278. The molecule has 0 aromatic heterocycles. The smallest absolute Gasteiger partial charge is 0.251 e. The molecule has 138 valence electrons. The maximum absolute atomic E-state index is 12.4. The first-order valence-corrected chi connectivity index (χ1v) is 7.83. The van der Waals surface area contributed by atoms with Crippen molar-refractivity contribution in [2.24, 2.45) is 0 Å². The van der Waals surface area contributed by atoms with Crippen LogP contribution in [0.25, 0.3) is 0 Å². The average molecular weight is 405 g/mol. The van der Waals surface area contributed by atoms with E-state index in [2.05, 4.69) is 5.32 Å². The van der Waals surface area contributed by atoms with Crippen LogP contribution in [0.4, 0.5) is 5.69 Å². The predicted molar refractivity (Wildman–Crippen MR) is 110 cm³/mol. The second-order valence-corrected chi connectivity index (χ2v) is 6.19. The van der Waals surface area contributed by atoms with E-state index in [1.807, 2.05) is 56.3 Å². The molecular formula is C18H24Cl3N3O. The predicted octanol–water partition coefficient (Wildman–Crippen LogP) is 4.11. The summed E-state index contributed by atoms with van der Waals surface area (Å²) < 4.78 is 0. The topological polar surface area (TPSA) is 58.4 Å². The van der Waals surface area contributed by atoms with Gasteiger partial charge in [0.15, 0.2) is 0 Å². The molecule has 1 unspecified atom stereocenters. The van der Waals surface area contributed by atoms with Crippen molar-refractivity contribution >= 4 is 48.0 Å². The minimum absolute atomic E-state index is 0. The summed E-state index contributed by atoms with van der Waals surface area (Å²) >= 11 is 6.29. The molecule has 0 saturated carbocycles. The molecule has 0 spiro atoms. The number of hydrogen-bond donors (Lipinski definition) is 2. The van der Waals surface area contributed by atoms with Crippen LogP contribution in [0.15, 0.2) is 42.5 Å². The Balaban J connectivity index is 0.00000288. The minimum atomic E-state index is -0.131. The molecule has 3 N–H and O–H groups in total. The van der Waals surface area contributed by atoms with Crippen molar-refractivity contribution in [2.75, 3.05) is 26.4 Å². The lowest BCUT2D eigenvalue weighted by molar-refractivity contribution is 0.0941. The summed E-state index contributed by atoms with van der Waals surface area (Å²) in [4.78, 5) is 14.5. The van der Waals surface area contributed by atoms with Crippen LogP contribution in [0, 0.1) is 6.92 Å². The van der Waals surface area contributed by atoms with E-state index in [0.29, 0.717) is 22.8 Å². The largest absolute Gasteiger partial charge is 0.399 e. The first-order chi connectivity index (χ1) is 10.9. The standard InChI is InChI=1S/C18H22ClN3O.2ClH/c1-12-8-9-13(20)10-15(12)18(23)21-11-17(22(2)3)14-6-4-5-7-16(14)19;;/h4-10,17H,11,20H2,1-3H3,(H,21,23);2*1H. The van der Waals surface area contributed by atoms with Crippen molar-refractivity contribution in [1.29, 1.82) is 0 Å². The van der Waals surface area contributed by atoms with E-state index in [4.69, 9.17) is 17.3 Å². The summed E-state index contributed by atoms with van der Waals surface area (Å²) in [6.45, 7) is 2.36. The number of aryl methyl sites for hydroxylation is 1. The third kappa shape index (κ3) is 6.08. The van der Waals surface area contributed by atoms with Crippen molar-refractivity contribution in [3.05, 3.63) is 64.2 Å². The molecule has 0 fully saturated rings. The van der Waals surface area contributed by atoms with Crippen LogP contribution in [-0.2, 0) is 0 Å². The lowest BCUT2D eigenvalue weighted by Crippen LogP contribution is -2.35. The number of carbonyl (C=O) groups is 1. The molecule has 1 atom stereocenters. The molecule has 0 heterocycles. The number of nitrogens with one attached hydrogen (secondary N) is 1. The number of nitrogen functional groups attached to an aromatic ring is 1. The van der Waals surface area contributed by atoms with E-state index in [9.17, 15) is 4.79 Å². The first kappa shape index (κ1) is 23.5. The highest BCUT2D eigenvalue weighted by Crippen LogP contribution is 2.25. The number of likely N-dealkylation sites (N-methyl/N-ethyl adjacent to an activating group) is 1. The third-order valence-corrected chi connectivity index (χ3v) is 4.19.